The smallest absolute Gasteiger partial charge is 0.155 e. The van der Waals surface area contributed by atoms with Gasteiger partial charge in [-0.1, -0.05) is 16.8 Å². The van der Waals surface area contributed by atoms with Crippen molar-refractivity contribution in [2.75, 3.05) is 14.1 Å². The Kier molecular flexibility index (Phi) is 6.42. The summed E-state index contributed by atoms with van der Waals surface area (Å²) in [7, 11) is -0.00297. The number of aromatic nitrogens is 4. The minimum Gasteiger partial charge on any atom is -0.386 e. The normalized spacial score (nSPS) is 14.3. The molecule has 0 saturated carbocycles. The zero-order valence-electron chi connectivity index (χ0n) is 17.6. The molecule has 31 heavy (non-hydrogen) atoms. The highest BCUT2D eigenvalue weighted by Gasteiger charge is 2.36. The number of benzene rings is 1. The second kappa shape index (κ2) is 8.72. The standard InChI is InChI=1S/C20H23ClFN7OS/c1-20(2,19(23)24-3)31(30,25-4)12-14-9-13(5-7-16(14)22)17-11-29(28-27-17)18-8-6-15(21)10-26-18/h5-11H,12H2,1-4H3,(H2,23,24). The lowest BCUT2D eigenvalue weighted by atomic mass is 10.1. The maximum atomic E-state index is 14.6. The summed E-state index contributed by atoms with van der Waals surface area (Å²) in [5.74, 6) is 0.112. The Hall–Kier alpha value is -2.85. The van der Waals surface area contributed by atoms with Gasteiger partial charge in [0.15, 0.2) is 5.82 Å². The fourth-order valence-corrected chi connectivity index (χ4v) is 5.09. The Labute approximate surface area is 185 Å². The van der Waals surface area contributed by atoms with Crippen molar-refractivity contribution in [1.82, 2.24) is 20.0 Å². The largest absolute Gasteiger partial charge is 0.386 e. The van der Waals surface area contributed by atoms with E-state index in [-0.39, 0.29) is 17.2 Å². The van der Waals surface area contributed by atoms with Crippen LogP contribution < -0.4 is 5.73 Å². The van der Waals surface area contributed by atoms with Gasteiger partial charge in [-0.15, -0.1) is 5.10 Å². The number of hydrogen-bond donors (Lipinski definition) is 1. The van der Waals surface area contributed by atoms with E-state index >= 15 is 0 Å². The van der Waals surface area contributed by atoms with E-state index in [1.807, 2.05) is 0 Å². The van der Waals surface area contributed by atoms with Crippen molar-refractivity contribution in [3.8, 4) is 17.1 Å². The molecule has 1 aromatic carbocycles. The minimum absolute atomic E-state index is 0.126. The molecule has 2 aromatic heterocycles. The molecule has 0 radical (unpaired) electrons. The molecular formula is C20H23ClFN7OS. The second-order valence-corrected chi connectivity index (χ2v) is 10.7. The summed E-state index contributed by atoms with van der Waals surface area (Å²) in [5.41, 5.74) is 7.34. The number of nitrogens with zero attached hydrogens (tertiary/aromatic N) is 6. The number of nitrogens with two attached hydrogens (primary N) is 1. The number of halogens is 2. The molecule has 11 heteroatoms. The maximum absolute atomic E-state index is 14.6. The Morgan fingerprint density at radius 1 is 1.29 bits per heavy atom. The average Bonchev–Trinajstić information content (AvgIpc) is 3.25. The van der Waals surface area contributed by atoms with Crippen molar-refractivity contribution in [2.24, 2.45) is 15.1 Å². The lowest BCUT2D eigenvalue weighted by molar-refractivity contribution is 0.613. The van der Waals surface area contributed by atoms with Crippen molar-refractivity contribution < 1.29 is 8.60 Å². The van der Waals surface area contributed by atoms with Gasteiger partial charge < -0.3 is 5.73 Å². The first kappa shape index (κ1) is 22.8. The lowest BCUT2D eigenvalue weighted by Gasteiger charge is -2.28. The zero-order valence-corrected chi connectivity index (χ0v) is 19.2. The van der Waals surface area contributed by atoms with Crippen LogP contribution >= 0.6 is 11.6 Å². The van der Waals surface area contributed by atoms with Gasteiger partial charge in [-0.05, 0) is 44.2 Å². The van der Waals surface area contributed by atoms with Crippen LogP contribution in [0.25, 0.3) is 17.1 Å². The number of pyridine rings is 1. The van der Waals surface area contributed by atoms with Crippen molar-refractivity contribution in [3.05, 3.63) is 59.1 Å². The molecule has 0 fully saturated rings. The number of hydrogen-bond acceptors (Lipinski definition) is 6. The van der Waals surface area contributed by atoms with Crippen LogP contribution in [0.15, 0.2) is 52.1 Å². The predicted molar refractivity (Wildman–Crippen MR) is 121 cm³/mol. The van der Waals surface area contributed by atoms with Crippen LogP contribution in [0.1, 0.15) is 19.4 Å². The highest BCUT2D eigenvalue weighted by Crippen LogP contribution is 2.28. The molecule has 1 unspecified atom stereocenters. The van der Waals surface area contributed by atoms with Gasteiger partial charge in [0.2, 0.25) is 0 Å². The molecule has 164 valence electrons. The molecule has 1 atom stereocenters. The number of aliphatic imine (C=N–C) groups is 1. The SMILES string of the molecule is CN=C(N)C(C)(C)S(=O)(Cc1cc(-c2cn(-c3ccc(Cl)cn3)nn2)ccc1F)=NC. The van der Waals surface area contributed by atoms with Crippen molar-refractivity contribution in [1.29, 1.82) is 0 Å². The number of amidine groups is 1. The first-order chi connectivity index (χ1) is 14.6. The third-order valence-electron chi connectivity index (χ3n) is 5.08. The Morgan fingerprint density at radius 3 is 2.65 bits per heavy atom. The van der Waals surface area contributed by atoms with E-state index in [0.717, 1.165) is 0 Å². The minimum atomic E-state index is -2.97. The molecule has 0 spiro atoms. The van der Waals surface area contributed by atoms with E-state index in [2.05, 4.69) is 24.7 Å². The van der Waals surface area contributed by atoms with E-state index in [1.54, 1.807) is 44.3 Å². The first-order valence-electron chi connectivity index (χ1n) is 9.29. The zero-order chi connectivity index (χ0) is 22.8. The predicted octanol–water partition coefficient (Wildman–Crippen LogP) is 3.49. The van der Waals surface area contributed by atoms with E-state index in [0.29, 0.717) is 22.1 Å². The van der Waals surface area contributed by atoms with E-state index in [9.17, 15) is 8.60 Å². The van der Waals surface area contributed by atoms with Gasteiger partial charge in [0.05, 0.1) is 26.7 Å². The monoisotopic (exact) mass is 463 g/mol. The Balaban J connectivity index is 1.98. The van der Waals surface area contributed by atoms with Gasteiger partial charge in [-0.3, -0.25) is 4.99 Å². The molecule has 0 saturated heterocycles. The van der Waals surface area contributed by atoms with Gasteiger partial charge in [0.1, 0.15) is 22.1 Å². The summed E-state index contributed by atoms with van der Waals surface area (Å²) in [4.78, 5) is 8.16. The van der Waals surface area contributed by atoms with Crippen LogP contribution in [0.4, 0.5) is 4.39 Å². The van der Waals surface area contributed by atoms with E-state index in [1.165, 1.54) is 31.0 Å². The molecule has 0 aliphatic heterocycles. The molecule has 2 heterocycles. The molecule has 3 rings (SSSR count). The average molecular weight is 464 g/mol. The third-order valence-corrected chi connectivity index (χ3v) is 8.40. The van der Waals surface area contributed by atoms with E-state index in [4.69, 9.17) is 17.3 Å². The molecular weight excluding hydrogens is 441 g/mol. The molecule has 3 aromatic rings. The molecule has 0 aliphatic rings. The van der Waals surface area contributed by atoms with Crippen molar-refractivity contribution in [3.63, 3.8) is 0 Å². The van der Waals surface area contributed by atoms with Gasteiger partial charge in [0.25, 0.3) is 0 Å². The topological polar surface area (TPSA) is 111 Å². The van der Waals surface area contributed by atoms with Crippen LogP contribution in [-0.4, -0.2) is 48.9 Å². The molecule has 0 bridgehead atoms. The summed E-state index contributed by atoms with van der Waals surface area (Å²) in [5, 5.41) is 8.72. The fourth-order valence-electron chi connectivity index (χ4n) is 2.97. The van der Waals surface area contributed by atoms with Crippen LogP contribution in [-0.2, 0) is 15.5 Å². The maximum Gasteiger partial charge on any atom is 0.155 e. The van der Waals surface area contributed by atoms with E-state index < -0.39 is 20.3 Å². The summed E-state index contributed by atoms with van der Waals surface area (Å²) < 4.78 is 32.8. The molecule has 8 nitrogen and oxygen atoms in total. The summed E-state index contributed by atoms with van der Waals surface area (Å²) >= 11 is 5.87. The lowest BCUT2D eigenvalue weighted by Crippen LogP contribution is -2.45. The van der Waals surface area contributed by atoms with Crippen LogP contribution in [0.5, 0.6) is 0 Å². The highest BCUT2D eigenvalue weighted by atomic mass is 35.5. The van der Waals surface area contributed by atoms with Gasteiger partial charge in [-0.25, -0.2) is 22.6 Å². The Morgan fingerprint density at radius 2 is 2.03 bits per heavy atom. The molecule has 2 N–H and O–H groups in total. The quantitative estimate of drug-likeness (QED) is 0.444. The Bertz CT molecular complexity index is 1240. The van der Waals surface area contributed by atoms with Gasteiger partial charge in [0, 0.05) is 31.4 Å². The highest BCUT2D eigenvalue weighted by molar-refractivity contribution is 7.95. The van der Waals surface area contributed by atoms with Gasteiger partial charge >= 0.3 is 0 Å². The van der Waals surface area contributed by atoms with Crippen molar-refractivity contribution in [2.45, 2.75) is 24.3 Å². The van der Waals surface area contributed by atoms with Crippen LogP contribution in [0.2, 0.25) is 5.02 Å². The molecule has 0 amide bonds. The van der Waals surface area contributed by atoms with Gasteiger partial charge in [-0.2, -0.15) is 0 Å². The fraction of sp³-hybridized carbons (Fsp3) is 0.300. The third kappa shape index (κ3) is 4.45. The van der Waals surface area contributed by atoms with Crippen LogP contribution in [0.3, 0.4) is 0 Å². The number of rotatable bonds is 6. The summed E-state index contributed by atoms with van der Waals surface area (Å²) in [6.45, 7) is 3.38. The summed E-state index contributed by atoms with van der Waals surface area (Å²) in [6.07, 6.45) is 3.17. The first-order valence-corrected chi connectivity index (χ1v) is 11.4. The van der Waals surface area contributed by atoms with Crippen LogP contribution in [0, 0.1) is 5.82 Å². The van der Waals surface area contributed by atoms with Crippen molar-refractivity contribution >= 4 is 27.2 Å². The molecule has 0 aliphatic carbocycles. The summed E-state index contributed by atoms with van der Waals surface area (Å²) in [6, 6.07) is 7.89. The second-order valence-electron chi connectivity index (χ2n) is 7.28.